The van der Waals surface area contributed by atoms with Crippen LogP contribution in [-0.4, -0.2) is 23.2 Å². The van der Waals surface area contributed by atoms with Gasteiger partial charge < -0.3 is 10.4 Å². The number of rotatable bonds is 3. The first kappa shape index (κ1) is 15.0. The van der Waals surface area contributed by atoms with Crippen LogP contribution in [0.1, 0.15) is 43.2 Å². The van der Waals surface area contributed by atoms with E-state index in [0.29, 0.717) is 12.1 Å². The Hall–Kier alpha value is -0.870. The normalized spacial score (nSPS) is 28.9. The van der Waals surface area contributed by atoms with Gasteiger partial charge in [0.25, 0.3) is 0 Å². The fourth-order valence-electron chi connectivity index (χ4n) is 3.76. The number of halogens is 1. The predicted molar refractivity (Wildman–Crippen MR) is 86.5 cm³/mol. The van der Waals surface area contributed by atoms with E-state index in [2.05, 4.69) is 39.4 Å². The zero-order valence-corrected chi connectivity index (χ0v) is 13.7. The summed E-state index contributed by atoms with van der Waals surface area (Å²) in [6.07, 6.45) is 7.11. The Morgan fingerprint density at radius 1 is 1.19 bits per heavy atom. The summed E-state index contributed by atoms with van der Waals surface area (Å²) < 4.78 is 1.16. The minimum Gasteiger partial charge on any atom is -0.481 e. The van der Waals surface area contributed by atoms with Gasteiger partial charge in [0.15, 0.2) is 0 Å². The van der Waals surface area contributed by atoms with Gasteiger partial charge in [-0.05, 0) is 61.8 Å². The van der Waals surface area contributed by atoms with Gasteiger partial charge in [-0.25, -0.2) is 0 Å². The standard InChI is InChI=1S/C17H22BrNO2/c18-14-6-4-12-9-16(7-5-11(12)8-14)19-15-3-1-2-13(10-15)17(20)21/h4,6,8,13,15-16,19H,1-3,5,7,9-10H2,(H,20,21). The molecule has 2 aliphatic rings. The molecule has 3 nitrogen and oxygen atoms in total. The number of hydrogen-bond acceptors (Lipinski definition) is 2. The van der Waals surface area contributed by atoms with Gasteiger partial charge in [0, 0.05) is 16.6 Å². The molecule has 0 bridgehead atoms. The van der Waals surface area contributed by atoms with Crippen LogP contribution >= 0.6 is 15.9 Å². The van der Waals surface area contributed by atoms with E-state index in [9.17, 15) is 9.90 Å². The summed E-state index contributed by atoms with van der Waals surface area (Å²) in [5, 5.41) is 12.9. The summed E-state index contributed by atoms with van der Waals surface area (Å²) in [6.45, 7) is 0. The summed E-state index contributed by atoms with van der Waals surface area (Å²) in [4.78, 5) is 11.2. The highest BCUT2D eigenvalue weighted by atomic mass is 79.9. The van der Waals surface area contributed by atoms with Crippen molar-refractivity contribution in [1.82, 2.24) is 5.32 Å². The fraction of sp³-hybridized carbons (Fsp3) is 0.588. The number of carboxylic acids is 1. The monoisotopic (exact) mass is 351 g/mol. The van der Waals surface area contributed by atoms with Gasteiger partial charge >= 0.3 is 5.97 Å². The number of benzene rings is 1. The molecule has 0 aromatic heterocycles. The molecule has 1 aromatic carbocycles. The Labute approximate surface area is 134 Å². The average Bonchev–Trinajstić information content (AvgIpc) is 2.48. The van der Waals surface area contributed by atoms with Crippen molar-refractivity contribution in [2.24, 2.45) is 5.92 Å². The lowest BCUT2D eigenvalue weighted by Gasteiger charge is -2.33. The van der Waals surface area contributed by atoms with Crippen LogP contribution in [0.15, 0.2) is 22.7 Å². The quantitative estimate of drug-likeness (QED) is 0.875. The molecule has 21 heavy (non-hydrogen) atoms. The molecule has 0 saturated heterocycles. The Kier molecular flexibility index (Phi) is 4.65. The van der Waals surface area contributed by atoms with Gasteiger partial charge in [0.05, 0.1) is 5.92 Å². The second-order valence-corrected chi connectivity index (χ2v) is 7.33. The number of hydrogen-bond donors (Lipinski definition) is 2. The van der Waals surface area contributed by atoms with Crippen LogP contribution in [0, 0.1) is 5.92 Å². The van der Waals surface area contributed by atoms with Crippen LogP contribution in [0.25, 0.3) is 0 Å². The highest BCUT2D eigenvalue weighted by Gasteiger charge is 2.29. The molecule has 0 amide bonds. The number of fused-ring (bicyclic) bond motifs is 1. The van der Waals surface area contributed by atoms with Crippen LogP contribution in [0.5, 0.6) is 0 Å². The molecule has 2 aliphatic carbocycles. The number of aliphatic carboxylic acids is 1. The molecule has 2 N–H and O–H groups in total. The zero-order chi connectivity index (χ0) is 14.8. The van der Waals surface area contributed by atoms with Crippen molar-refractivity contribution in [2.45, 2.75) is 57.0 Å². The second kappa shape index (κ2) is 6.49. The summed E-state index contributed by atoms with van der Waals surface area (Å²) in [5.41, 5.74) is 2.89. The maximum absolute atomic E-state index is 11.2. The molecule has 3 rings (SSSR count). The molecule has 0 radical (unpaired) electrons. The van der Waals surface area contributed by atoms with E-state index in [1.165, 1.54) is 11.1 Å². The van der Waals surface area contributed by atoms with Gasteiger partial charge in [0.1, 0.15) is 0 Å². The Bertz CT molecular complexity index is 532. The first-order valence-electron chi connectivity index (χ1n) is 7.88. The van der Waals surface area contributed by atoms with E-state index in [0.717, 1.165) is 49.4 Å². The highest BCUT2D eigenvalue weighted by molar-refractivity contribution is 9.10. The molecular weight excluding hydrogens is 330 g/mol. The first-order valence-corrected chi connectivity index (χ1v) is 8.67. The van der Waals surface area contributed by atoms with Gasteiger partial charge in [-0.2, -0.15) is 0 Å². The van der Waals surface area contributed by atoms with Crippen molar-refractivity contribution >= 4 is 21.9 Å². The molecule has 0 heterocycles. The third-order valence-electron chi connectivity index (χ3n) is 4.89. The third kappa shape index (κ3) is 3.67. The summed E-state index contributed by atoms with van der Waals surface area (Å²) >= 11 is 3.53. The number of aryl methyl sites for hydroxylation is 1. The smallest absolute Gasteiger partial charge is 0.306 e. The molecule has 114 valence electrons. The largest absolute Gasteiger partial charge is 0.481 e. The molecule has 0 spiro atoms. The SMILES string of the molecule is O=C(O)C1CCCC(NC2CCc3cc(Br)ccc3C2)C1. The van der Waals surface area contributed by atoms with Crippen LogP contribution < -0.4 is 5.32 Å². The zero-order valence-electron chi connectivity index (χ0n) is 12.1. The summed E-state index contributed by atoms with van der Waals surface area (Å²) in [7, 11) is 0. The molecular formula is C17H22BrNO2. The van der Waals surface area contributed by atoms with Crippen molar-refractivity contribution in [3.8, 4) is 0 Å². The van der Waals surface area contributed by atoms with Gasteiger partial charge in [0.2, 0.25) is 0 Å². The van der Waals surface area contributed by atoms with E-state index in [1.54, 1.807) is 0 Å². The van der Waals surface area contributed by atoms with Gasteiger partial charge in [-0.15, -0.1) is 0 Å². The van der Waals surface area contributed by atoms with E-state index >= 15 is 0 Å². The van der Waals surface area contributed by atoms with Gasteiger partial charge in [-0.3, -0.25) is 4.79 Å². The molecule has 1 fully saturated rings. The van der Waals surface area contributed by atoms with E-state index in [4.69, 9.17) is 0 Å². The van der Waals surface area contributed by atoms with Crippen molar-refractivity contribution < 1.29 is 9.90 Å². The van der Waals surface area contributed by atoms with E-state index in [1.807, 2.05) is 0 Å². The topological polar surface area (TPSA) is 49.3 Å². The maximum Gasteiger partial charge on any atom is 0.306 e. The van der Waals surface area contributed by atoms with Gasteiger partial charge in [-0.1, -0.05) is 28.4 Å². The Morgan fingerprint density at radius 2 is 2.05 bits per heavy atom. The molecule has 3 unspecified atom stereocenters. The number of carbonyl (C=O) groups is 1. The lowest BCUT2D eigenvalue weighted by atomic mass is 9.83. The Balaban J connectivity index is 1.59. The Morgan fingerprint density at radius 3 is 2.86 bits per heavy atom. The minimum absolute atomic E-state index is 0.150. The van der Waals surface area contributed by atoms with E-state index < -0.39 is 5.97 Å². The molecule has 1 saturated carbocycles. The third-order valence-corrected chi connectivity index (χ3v) is 5.38. The maximum atomic E-state index is 11.2. The summed E-state index contributed by atoms with van der Waals surface area (Å²) in [5.74, 6) is -0.775. The summed E-state index contributed by atoms with van der Waals surface area (Å²) in [6, 6.07) is 7.43. The average molecular weight is 352 g/mol. The molecule has 0 aliphatic heterocycles. The second-order valence-electron chi connectivity index (χ2n) is 6.42. The van der Waals surface area contributed by atoms with Crippen LogP contribution in [0.4, 0.5) is 0 Å². The fourth-order valence-corrected chi connectivity index (χ4v) is 4.17. The van der Waals surface area contributed by atoms with Crippen molar-refractivity contribution in [1.29, 1.82) is 0 Å². The number of carboxylic acid groups (broad SMARTS) is 1. The van der Waals surface area contributed by atoms with Crippen molar-refractivity contribution in [2.75, 3.05) is 0 Å². The van der Waals surface area contributed by atoms with Crippen LogP contribution in [0.3, 0.4) is 0 Å². The van der Waals surface area contributed by atoms with Crippen LogP contribution in [-0.2, 0) is 17.6 Å². The molecule has 3 atom stereocenters. The van der Waals surface area contributed by atoms with Crippen molar-refractivity contribution in [3.05, 3.63) is 33.8 Å². The minimum atomic E-state index is -0.625. The van der Waals surface area contributed by atoms with E-state index in [-0.39, 0.29) is 5.92 Å². The molecule has 4 heteroatoms. The molecule has 1 aromatic rings. The first-order chi connectivity index (χ1) is 10.1. The lowest BCUT2D eigenvalue weighted by Crippen LogP contribution is -2.44. The number of nitrogens with one attached hydrogen (secondary N) is 1. The van der Waals surface area contributed by atoms with Crippen molar-refractivity contribution in [3.63, 3.8) is 0 Å². The highest BCUT2D eigenvalue weighted by Crippen LogP contribution is 2.28. The van der Waals surface area contributed by atoms with Crippen LogP contribution in [0.2, 0.25) is 0 Å². The lowest BCUT2D eigenvalue weighted by molar-refractivity contribution is -0.143. The predicted octanol–water partition coefficient (Wildman–Crippen LogP) is 3.54.